The zero-order chi connectivity index (χ0) is 8.13. The highest BCUT2D eigenvalue weighted by Crippen LogP contribution is 2.51. The van der Waals surface area contributed by atoms with E-state index in [1.807, 2.05) is 31.2 Å². The molecule has 1 aromatic carbocycles. The number of hydrogen-bond donors (Lipinski definition) is 0. The van der Waals surface area contributed by atoms with Crippen LogP contribution in [-0.2, 0) is 4.74 Å². The molecule has 0 saturated carbocycles. The molecule has 2 nitrogen and oxygen atoms in total. The van der Waals surface area contributed by atoms with Crippen molar-refractivity contribution < 1.29 is 9.47 Å². The van der Waals surface area contributed by atoms with Gasteiger partial charge in [0, 0.05) is 5.56 Å². The Hall–Kier alpha value is -1.44. The number of allylic oxidation sites excluding steroid dienone is 1. The molecule has 1 aromatic rings. The first-order chi connectivity index (χ1) is 5.86. The Kier molecular flexibility index (Phi) is 0.933. The van der Waals surface area contributed by atoms with Crippen LogP contribution in [0.2, 0.25) is 0 Å². The molecular weight excluding hydrogens is 152 g/mol. The van der Waals surface area contributed by atoms with Crippen LogP contribution in [-0.4, -0.2) is 0 Å². The Morgan fingerprint density at radius 3 is 3.00 bits per heavy atom. The summed E-state index contributed by atoms with van der Waals surface area (Å²) in [6.45, 7) is 1.94. The van der Waals surface area contributed by atoms with Gasteiger partial charge in [-0.3, -0.25) is 0 Å². The van der Waals surface area contributed by atoms with Crippen LogP contribution in [0.3, 0.4) is 0 Å². The molecule has 1 atom stereocenters. The second kappa shape index (κ2) is 1.83. The summed E-state index contributed by atoms with van der Waals surface area (Å²) in [5.41, 5.74) is 1.15. The monoisotopic (exact) mass is 160 g/mol. The molecule has 12 heavy (non-hydrogen) atoms. The van der Waals surface area contributed by atoms with E-state index in [0.29, 0.717) is 0 Å². The third-order valence-corrected chi connectivity index (χ3v) is 2.24. The van der Waals surface area contributed by atoms with Crippen molar-refractivity contribution in [3.63, 3.8) is 0 Å². The van der Waals surface area contributed by atoms with Crippen LogP contribution in [0.1, 0.15) is 18.6 Å². The Bertz CT molecular complexity index is 379. The molecule has 0 bridgehead atoms. The van der Waals surface area contributed by atoms with Crippen molar-refractivity contribution >= 4 is 0 Å². The number of rotatable bonds is 0. The van der Waals surface area contributed by atoms with E-state index in [9.17, 15) is 0 Å². The second-order valence-electron chi connectivity index (χ2n) is 3.06. The van der Waals surface area contributed by atoms with Gasteiger partial charge in [-0.25, -0.2) is 0 Å². The fraction of sp³-hybridized carbons (Fsp3) is 0.200. The molecule has 2 aliphatic heterocycles. The molecule has 2 heteroatoms. The third kappa shape index (κ3) is 0.644. The van der Waals surface area contributed by atoms with Gasteiger partial charge in [0.05, 0.1) is 0 Å². The highest BCUT2D eigenvalue weighted by molar-refractivity contribution is 5.47. The number of para-hydroxylation sites is 1. The van der Waals surface area contributed by atoms with Crippen LogP contribution in [0.4, 0.5) is 0 Å². The third-order valence-electron chi connectivity index (χ3n) is 2.24. The van der Waals surface area contributed by atoms with Gasteiger partial charge in [0.15, 0.2) is 11.9 Å². The lowest BCUT2D eigenvalue weighted by Crippen LogP contribution is -1.99. The van der Waals surface area contributed by atoms with Crippen molar-refractivity contribution in [1.82, 2.24) is 0 Å². The second-order valence-corrected chi connectivity index (χ2v) is 3.06. The smallest absolute Gasteiger partial charge is 0.187 e. The van der Waals surface area contributed by atoms with Crippen LogP contribution in [0, 0.1) is 0 Å². The molecule has 0 amide bonds. The summed E-state index contributed by atoms with van der Waals surface area (Å²) in [4.78, 5) is 0. The van der Waals surface area contributed by atoms with Gasteiger partial charge in [0.1, 0.15) is 11.5 Å². The van der Waals surface area contributed by atoms with Gasteiger partial charge < -0.3 is 9.47 Å². The minimum Gasteiger partial charge on any atom is -0.474 e. The molecule has 0 spiro atoms. The molecule has 2 aliphatic rings. The van der Waals surface area contributed by atoms with Crippen molar-refractivity contribution in [1.29, 1.82) is 0 Å². The van der Waals surface area contributed by atoms with E-state index in [1.165, 1.54) is 0 Å². The Balaban J connectivity index is 2.18. The minimum absolute atomic E-state index is 0.190. The summed E-state index contributed by atoms with van der Waals surface area (Å²) in [5.74, 6) is 2.83. The first kappa shape index (κ1) is 6.12. The summed E-state index contributed by atoms with van der Waals surface area (Å²) in [7, 11) is 0. The van der Waals surface area contributed by atoms with Gasteiger partial charge in [0.25, 0.3) is 0 Å². The molecule has 1 unspecified atom stereocenters. The van der Waals surface area contributed by atoms with Crippen LogP contribution in [0.25, 0.3) is 0 Å². The number of epoxide rings is 1. The SMILES string of the molecule is CC1=C2OC2c2ccccc2O1. The summed E-state index contributed by atoms with van der Waals surface area (Å²) < 4.78 is 10.9. The summed E-state index contributed by atoms with van der Waals surface area (Å²) in [6.07, 6.45) is 0.190. The molecule has 0 aliphatic carbocycles. The summed E-state index contributed by atoms with van der Waals surface area (Å²) >= 11 is 0. The van der Waals surface area contributed by atoms with E-state index in [4.69, 9.17) is 9.47 Å². The number of hydrogen-bond acceptors (Lipinski definition) is 2. The van der Waals surface area contributed by atoms with Crippen molar-refractivity contribution in [2.75, 3.05) is 0 Å². The highest BCUT2D eigenvalue weighted by Gasteiger charge is 2.42. The molecule has 1 fully saturated rings. The zero-order valence-corrected chi connectivity index (χ0v) is 6.70. The van der Waals surface area contributed by atoms with Gasteiger partial charge in [-0.2, -0.15) is 0 Å². The fourth-order valence-electron chi connectivity index (χ4n) is 1.57. The molecule has 0 radical (unpaired) electrons. The van der Waals surface area contributed by atoms with Crippen molar-refractivity contribution in [2.45, 2.75) is 13.0 Å². The Morgan fingerprint density at radius 1 is 1.25 bits per heavy atom. The number of fused-ring (bicyclic) bond motifs is 3. The van der Waals surface area contributed by atoms with E-state index >= 15 is 0 Å². The Morgan fingerprint density at radius 2 is 2.08 bits per heavy atom. The maximum atomic E-state index is 5.54. The average Bonchev–Trinajstić information content (AvgIpc) is 2.84. The van der Waals surface area contributed by atoms with E-state index in [-0.39, 0.29) is 6.10 Å². The first-order valence-corrected chi connectivity index (χ1v) is 4.00. The number of benzene rings is 1. The summed E-state index contributed by atoms with van der Waals surface area (Å²) in [6, 6.07) is 7.98. The van der Waals surface area contributed by atoms with Crippen molar-refractivity contribution in [3.05, 3.63) is 41.3 Å². The molecule has 2 heterocycles. The maximum Gasteiger partial charge on any atom is 0.187 e. The summed E-state index contributed by atoms with van der Waals surface area (Å²) in [5, 5.41) is 0. The maximum absolute atomic E-state index is 5.54. The lowest BCUT2D eigenvalue weighted by molar-refractivity contribution is 0.412. The van der Waals surface area contributed by atoms with Gasteiger partial charge >= 0.3 is 0 Å². The average molecular weight is 160 g/mol. The van der Waals surface area contributed by atoms with Crippen LogP contribution >= 0.6 is 0 Å². The fourth-order valence-corrected chi connectivity index (χ4v) is 1.57. The van der Waals surface area contributed by atoms with Gasteiger partial charge in [-0.15, -0.1) is 0 Å². The van der Waals surface area contributed by atoms with Gasteiger partial charge in [0.2, 0.25) is 0 Å². The quantitative estimate of drug-likeness (QED) is 0.543. The zero-order valence-electron chi connectivity index (χ0n) is 6.70. The Labute approximate surface area is 70.4 Å². The van der Waals surface area contributed by atoms with Gasteiger partial charge in [-0.05, 0) is 13.0 Å². The van der Waals surface area contributed by atoms with Crippen LogP contribution in [0.5, 0.6) is 5.75 Å². The van der Waals surface area contributed by atoms with E-state index < -0.39 is 0 Å². The van der Waals surface area contributed by atoms with Crippen LogP contribution in [0.15, 0.2) is 35.8 Å². The largest absolute Gasteiger partial charge is 0.474 e. The molecule has 60 valence electrons. The predicted octanol–water partition coefficient (Wildman–Crippen LogP) is 2.38. The first-order valence-electron chi connectivity index (χ1n) is 4.00. The molecule has 3 rings (SSSR count). The molecule has 0 N–H and O–H groups in total. The molecule has 1 saturated heterocycles. The van der Waals surface area contributed by atoms with Crippen molar-refractivity contribution in [2.24, 2.45) is 0 Å². The van der Waals surface area contributed by atoms with Gasteiger partial charge in [-0.1, -0.05) is 18.2 Å². The normalized spacial score (nSPS) is 23.6. The molecule has 0 aromatic heterocycles. The number of ether oxygens (including phenoxy) is 2. The van der Waals surface area contributed by atoms with E-state index in [2.05, 4.69) is 0 Å². The van der Waals surface area contributed by atoms with Crippen LogP contribution < -0.4 is 4.74 Å². The van der Waals surface area contributed by atoms with E-state index in [1.54, 1.807) is 0 Å². The topological polar surface area (TPSA) is 21.8 Å². The van der Waals surface area contributed by atoms with E-state index in [0.717, 1.165) is 22.8 Å². The van der Waals surface area contributed by atoms with Crippen molar-refractivity contribution in [3.8, 4) is 5.75 Å². The standard InChI is InChI=1S/C10H8O2/c1-6-9-10(12-9)7-4-2-3-5-8(7)11-6/h2-5,10H,1H3. The highest BCUT2D eigenvalue weighted by atomic mass is 16.6. The molecular formula is C10H8O2. The lowest BCUT2D eigenvalue weighted by atomic mass is 10.1. The minimum atomic E-state index is 0.190. The lowest BCUT2D eigenvalue weighted by Gasteiger charge is -2.10. The predicted molar refractivity (Wildman–Crippen MR) is 43.6 cm³/mol.